The first-order valence-electron chi connectivity index (χ1n) is 10.4. The van der Waals surface area contributed by atoms with Crippen molar-refractivity contribution < 1.29 is 23.8 Å². The van der Waals surface area contributed by atoms with Gasteiger partial charge in [-0.25, -0.2) is 4.98 Å². The van der Waals surface area contributed by atoms with Gasteiger partial charge in [0.25, 0.3) is 0 Å². The van der Waals surface area contributed by atoms with Crippen molar-refractivity contribution in [1.29, 1.82) is 0 Å². The molecule has 3 aromatic rings. The van der Waals surface area contributed by atoms with E-state index in [9.17, 15) is 9.59 Å². The second-order valence-electron chi connectivity index (χ2n) is 7.59. The van der Waals surface area contributed by atoms with Crippen LogP contribution in [-0.2, 0) is 9.59 Å². The number of benzene rings is 2. The predicted molar refractivity (Wildman–Crippen MR) is 127 cm³/mol. The minimum Gasteiger partial charge on any atom is -0.497 e. The molecular weight excluding hydrogens is 442 g/mol. The zero-order valence-corrected chi connectivity index (χ0v) is 19.7. The lowest BCUT2D eigenvalue weighted by molar-refractivity contribution is -0.122. The highest BCUT2D eigenvalue weighted by Crippen LogP contribution is 2.35. The highest BCUT2D eigenvalue weighted by atomic mass is 32.1. The average Bonchev–Trinajstić information content (AvgIpc) is 3.40. The second-order valence-corrected chi connectivity index (χ2v) is 8.79. The minimum absolute atomic E-state index is 0.114. The molecule has 0 radical (unpaired) electrons. The van der Waals surface area contributed by atoms with Gasteiger partial charge in [-0.1, -0.05) is 0 Å². The Kier molecular flexibility index (Phi) is 6.50. The largest absolute Gasteiger partial charge is 0.497 e. The van der Waals surface area contributed by atoms with Crippen molar-refractivity contribution in [3.8, 4) is 28.5 Å². The maximum Gasteiger partial charge on any atom is 0.231 e. The summed E-state index contributed by atoms with van der Waals surface area (Å²) < 4.78 is 15.8. The summed E-state index contributed by atoms with van der Waals surface area (Å²) in [5.41, 5.74) is 2.42. The zero-order valence-electron chi connectivity index (χ0n) is 18.9. The van der Waals surface area contributed by atoms with E-state index in [0.717, 1.165) is 21.9 Å². The molecule has 1 atom stereocenters. The highest BCUT2D eigenvalue weighted by Gasteiger charge is 2.36. The fourth-order valence-corrected chi connectivity index (χ4v) is 4.64. The first-order valence-corrected chi connectivity index (χ1v) is 11.2. The summed E-state index contributed by atoms with van der Waals surface area (Å²) in [7, 11) is 4.72. The second kappa shape index (κ2) is 9.50. The molecule has 9 heteroatoms. The van der Waals surface area contributed by atoms with Gasteiger partial charge >= 0.3 is 0 Å². The van der Waals surface area contributed by atoms with Crippen LogP contribution in [0.3, 0.4) is 0 Å². The molecule has 0 saturated carbocycles. The van der Waals surface area contributed by atoms with Crippen LogP contribution in [0.15, 0.2) is 42.5 Å². The molecule has 1 fully saturated rings. The number of aryl methyl sites for hydroxylation is 1. The number of amides is 2. The zero-order chi connectivity index (χ0) is 23.5. The number of hydrogen-bond acceptors (Lipinski definition) is 7. The van der Waals surface area contributed by atoms with Crippen molar-refractivity contribution in [2.24, 2.45) is 5.92 Å². The molecule has 1 aliphatic heterocycles. The summed E-state index contributed by atoms with van der Waals surface area (Å²) in [4.78, 5) is 32.8. The topological polar surface area (TPSA) is 90.0 Å². The predicted octanol–water partition coefficient (Wildman–Crippen LogP) is 4.14. The van der Waals surface area contributed by atoms with Gasteiger partial charge in [0.05, 0.1) is 32.9 Å². The fraction of sp³-hybridized carbons (Fsp3) is 0.292. The maximum atomic E-state index is 12.9. The van der Waals surface area contributed by atoms with Gasteiger partial charge in [0.1, 0.15) is 5.75 Å². The van der Waals surface area contributed by atoms with E-state index >= 15 is 0 Å². The van der Waals surface area contributed by atoms with E-state index in [4.69, 9.17) is 14.2 Å². The first kappa shape index (κ1) is 22.6. The smallest absolute Gasteiger partial charge is 0.231 e. The highest BCUT2D eigenvalue weighted by molar-refractivity contribution is 7.16. The molecule has 0 spiro atoms. The van der Waals surface area contributed by atoms with Crippen molar-refractivity contribution in [2.45, 2.75) is 13.3 Å². The van der Waals surface area contributed by atoms with E-state index in [2.05, 4.69) is 10.3 Å². The summed E-state index contributed by atoms with van der Waals surface area (Å²) in [5, 5.41) is 3.41. The van der Waals surface area contributed by atoms with Crippen molar-refractivity contribution in [2.75, 3.05) is 38.1 Å². The number of nitrogens with zero attached hydrogens (tertiary/aromatic N) is 2. The SMILES string of the molecule is COc1ccc(-c2nc(NC(=O)C3CC(=O)N(c4ccc(OC)c(OC)c4)C3)sc2C)cc1. The molecule has 1 unspecified atom stereocenters. The van der Waals surface area contributed by atoms with Gasteiger partial charge in [-0.2, -0.15) is 0 Å². The van der Waals surface area contributed by atoms with Crippen LogP contribution >= 0.6 is 11.3 Å². The van der Waals surface area contributed by atoms with E-state index in [-0.39, 0.29) is 24.8 Å². The Morgan fingerprint density at radius 1 is 1.06 bits per heavy atom. The van der Waals surface area contributed by atoms with Gasteiger partial charge in [0, 0.05) is 35.2 Å². The standard InChI is InChI=1S/C24H25N3O5S/c1-14-22(15-5-8-18(30-2)9-6-15)25-24(33-14)26-23(29)16-11-21(28)27(13-16)17-7-10-19(31-3)20(12-17)32-4/h5-10,12,16H,11,13H2,1-4H3,(H,25,26,29). The number of thiazole rings is 1. The van der Waals surface area contributed by atoms with E-state index < -0.39 is 5.92 Å². The minimum atomic E-state index is -0.473. The maximum absolute atomic E-state index is 12.9. The molecule has 2 aromatic carbocycles. The molecule has 1 aromatic heterocycles. The van der Waals surface area contributed by atoms with Crippen molar-refractivity contribution in [3.05, 3.63) is 47.3 Å². The van der Waals surface area contributed by atoms with E-state index in [1.54, 1.807) is 44.4 Å². The van der Waals surface area contributed by atoms with Crippen molar-refractivity contribution in [1.82, 2.24) is 4.98 Å². The number of ether oxygens (including phenoxy) is 3. The molecular formula is C24H25N3O5S. The lowest BCUT2D eigenvalue weighted by atomic mass is 10.1. The molecule has 0 bridgehead atoms. The van der Waals surface area contributed by atoms with Gasteiger partial charge in [-0.15, -0.1) is 11.3 Å². The third-order valence-corrected chi connectivity index (χ3v) is 6.45. The monoisotopic (exact) mass is 467 g/mol. The number of hydrogen-bond donors (Lipinski definition) is 1. The Hall–Kier alpha value is -3.59. The Balaban J connectivity index is 1.46. The Morgan fingerprint density at radius 3 is 2.45 bits per heavy atom. The molecule has 172 valence electrons. The van der Waals surface area contributed by atoms with Gasteiger partial charge in [0.2, 0.25) is 11.8 Å². The Morgan fingerprint density at radius 2 is 1.79 bits per heavy atom. The van der Waals surface area contributed by atoms with Crippen LogP contribution in [0, 0.1) is 12.8 Å². The molecule has 2 amide bonds. The van der Waals surface area contributed by atoms with E-state index in [1.165, 1.54) is 11.3 Å². The summed E-state index contributed by atoms with van der Waals surface area (Å²) in [5.74, 6) is 1.07. The number of nitrogens with one attached hydrogen (secondary N) is 1. The van der Waals surface area contributed by atoms with Crippen LogP contribution in [-0.4, -0.2) is 44.7 Å². The summed E-state index contributed by atoms with van der Waals surface area (Å²) in [6.07, 6.45) is 0.135. The molecule has 2 heterocycles. The van der Waals surface area contributed by atoms with E-state index in [1.807, 2.05) is 31.2 Å². The number of carbonyl (C=O) groups is 2. The molecule has 4 rings (SSSR count). The lowest BCUT2D eigenvalue weighted by Crippen LogP contribution is -2.28. The van der Waals surface area contributed by atoms with Gasteiger partial charge in [-0.05, 0) is 43.3 Å². The molecule has 33 heavy (non-hydrogen) atoms. The van der Waals surface area contributed by atoms with Crippen LogP contribution in [0.4, 0.5) is 10.8 Å². The van der Waals surface area contributed by atoms with Crippen molar-refractivity contribution in [3.63, 3.8) is 0 Å². The number of aromatic nitrogens is 1. The first-order chi connectivity index (χ1) is 15.9. The summed E-state index contributed by atoms with van der Waals surface area (Å²) in [6, 6.07) is 12.9. The fourth-order valence-electron chi connectivity index (χ4n) is 3.80. The summed E-state index contributed by atoms with van der Waals surface area (Å²) in [6.45, 7) is 2.25. The van der Waals surface area contributed by atoms with Gasteiger partial charge < -0.3 is 24.4 Å². The van der Waals surface area contributed by atoms with Gasteiger partial charge in [-0.3, -0.25) is 9.59 Å². The van der Waals surface area contributed by atoms with Crippen LogP contribution in [0.1, 0.15) is 11.3 Å². The Labute approximate surface area is 196 Å². The van der Waals surface area contributed by atoms with Crippen LogP contribution in [0.25, 0.3) is 11.3 Å². The molecule has 0 aliphatic carbocycles. The average molecular weight is 468 g/mol. The number of methoxy groups -OCH3 is 3. The summed E-state index contributed by atoms with van der Waals surface area (Å²) >= 11 is 1.41. The number of rotatable bonds is 7. The van der Waals surface area contributed by atoms with Crippen molar-refractivity contribution >= 4 is 34.0 Å². The quantitative estimate of drug-likeness (QED) is 0.562. The third-order valence-electron chi connectivity index (χ3n) is 5.56. The number of anilines is 2. The molecule has 8 nitrogen and oxygen atoms in total. The Bertz CT molecular complexity index is 1180. The normalized spacial score (nSPS) is 15.5. The molecule has 1 N–H and O–H groups in total. The van der Waals surface area contributed by atoms with Crippen LogP contribution in [0.5, 0.6) is 17.2 Å². The van der Waals surface area contributed by atoms with Crippen LogP contribution < -0.4 is 24.4 Å². The van der Waals surface area contributed by atoms with Gasteiger partial charge in [0.15, 0.2) is 16.6 Å². The molecule has 1 saturated heterocycles. The molecule has 1 aliphatic rings. The number of carbonyl (C=O) groups excluding carboxylic acids is 2. The van der Waals surface area contributed by atoms with E-state index in [0.29, 0.717) is 22.3 Å². The van der Waals surface area contributed by atoms with Crippen LogP contribution in [0.2, 0.25) is 0 Å². The third kappa shape index (κ3) is 4.63. The lowest BCUT2D eigenvalue weighted by Gasteiger charge is -2.18.